The van der Waals surface area contributed by atoms with Crippen LogP contribution in [-0.2, 0) is 12.6 Å². The molecule has 0 spiro atoms. The number of halogens is 3. The van der Waals surface area contributed by atoms with E-state index in [9.17, 15) is 18.0 Å². The molecule has 0 aliphatic carbocycles. The zero-order valence-electron chi connectivity index (χ0n) is 16.5. The molecule has 1 unspecified atom stereocenters. The largest absolute Gasteiger partial charge is 0.471 e. The molecule has 1 N–H and O–H groups in total. The topological polar surface area (TPSA) is 71.3 Å². The van der Waals surface area contributed by atoms with Crippen LogP contribution in [0.3, 0.4) is 0 Å². The van der Waals surface area contributed by atoms with Crippen molar-refractivity contribution >= 4 is 5.91 Å². The fourth-order valence-corrected chi connectivity index (χ4v) is 3.00. The van der Waals surface area contributed by atoms with E-state index in [1.807, 2.05) is 49.3 Å². The average Bonchev–Trinajstić information content (AvgIpc) is 3.19. The van der Waals surface area contributed by atoms with Crippen LogP contribution in [0.25, 0.3) is 11.4 Å². The lowest BCUT2D eigenvalue weighted by molar-refractivity contribution is -0.159. The van der Waals surface area contributed by atoms with Crippen LogP contribution in [0.1, 0.15) is 21.8 Å². The number of nitrogens with zero attached hydrogens (tertiary/aromatic N) is 3. The van der Waals surface area contributed by atoms with Gasteiger partial charge >= 0.3 is 12.1 Å². The number of alkyl halides is 3. The van der Waals surface area contributed by atoms with Gasteiger partial charge in [-0.3, -0.25) is 4.79 Å². The number of hydrogen-bond acceptors (Lipinski definition) is 5. The molecule has 0 aliphatic rings. The van der Waals surface area contributed by atoms with Crippen molar-refractivity contribution in [1.29, 1.82) is 0 Å². The summed E-state index contributed by atoms with van der Waals surface area (Å²) in [6.45, 7) is 0.655. The van der Waals surface area contributed by atoms with Crippen LogP contribution in [0.2, 0.25) is 0 Å². The van der Waals surface area contributed by atoms with Crippen LogP contribution in [0, 0.1) is 0 Å². The monoisotopic (exact) mass is 418 g/mol. The van der Waals surface area contributed by atoms with Gasteiger partial charge < -0.3 is 14.7 Å². The number of rotatable bonds is 7. The number of carbonyl (C=O) groups is 1. The molecule has 0 bridgehead atoms. The fourth-order valence-electron chi connectivity index (χ4n) is 3.00. The molecule has 1 heterocycles. The van der Waals surface area contributed by atoms with Gasteiger partial charge in [0.05, 0.1) is 0 Å². The second kappa shape index (κ2) is 9.08. The quantitative estimate of drug-likeness (QED) is 0.634. The van der Waals surface area contributed by atoms with E-state index < -0.39 is 12.1 Å². The molecule has 0 fully saturated rings. The zero-order valence-corrected chi connectivity index (χ0v) is 16.5. The maximum absolute atomic E-state index is 12.7. The molecule has 3 rings (SSSR count). The SMILES string of the molecule is CN(C)CC(Cc1ccccc1)NC(=O)c1ccc(-c2noc(C(F)(F)F)n2)cc1. The van der Waals surface area contributed by atoms with Gasteiger partial charge in [0.15, 0.2) is 0 Å². The minimum absolute atomic E-state index is 0.110. The lowest BCUT2D eigenvalue weighted by atomic mass is 10.0. The molecule has 0 aliphatic heterocycles. The summed E-state index contributed by atoms with van der Waals surface area (Å²) >= 11 is 0. The van der Waals surface area contributed by atoms with Crippen molar-refractivity contribution in [1.82, 2.24) is 20.4 Å². The van der Waals surface area contributed by atoms with Crippen LogP contribution >= 0.6 is 0 Å². The molecule has 1 aromatic heterocycles. The van der Waals surface area contributed by atoms with Crippen molar-refractivity contribution in [2.24, 2.45) is 0 Å². The van der Waals surface area contributed by atoms with Crippen LogP contribution in [0.5, 0.6) is 0 Å². The van der Waals surface area contributed by atoms with Crippen molar-refractivity contribution in [3.63, 3.8) is 0 Å². The summed E-state index contributed by atoms with van der Waals surface area (Å²) in [7, 11) is 3.86. The first-order chi connectivity index (χ1) is 14.2. The Morgan fingerprint density at radius 3 is 2.33 bits per heavy atom. The molecule has 2 aromatic carbocycles. The van der Waals surface area contributed by atoms with Crippen LogP contribution in [0.15, 0.2) is 59.1 Å². The predicted molar refractivity (Wildman–Crippen MR) is 105 cm³/mol. The first kappa shape index (κ1) is 21.5. The molecule has 9 heteroatoms. The van der Waals surface area contributed by atoms with Crippen LogP contribution in [-0.4, -0.2) is 47.6 Å². The number of likely N-dealkylation sites (N-methyl/N-ethyl adjacent to an activating group) is 1. The third kappa shape index (κ3) is 5.66. The highest BCUT2D eigenvalue weighted by Gasteiger charge is 2.38. The maximum Gasteiger partial charge on any atom is 0.471 e. The van der Waals surface area contributed by atoms with Crippen molar-refractivity contribution in [2.45, 2.75) is 18.6 Å². The minimum atomic E-state index is -4.70. The van der Waals surface area contributed by atoms with Gasteiger partial charge in [-0.2, -0.15) is 18.2 Å². The molecule has 0 radical (unpaired) electrons. The minimum Gasteiger partial charge on any atom is -0.348 e. The Kier molecular flexibility index (Phi) is 6.51. The molecule has 158 valence electrons. The van der Waals surface area contributed by atoms with E-state index in [2.05, 4.69) is 20.0 Å². The first-order valence-corrected chi connectivity index (χ1v) is 9.23. The van der Waals surface area contributed by atoms with E-state index in [0.717, 1.165) is 5.56 Å². The molecule has 30 heavy (non-hydrogen) atoms. The molecular weight excluding hydrogens is 397 g/mol. The Labute approximate surface area is 171 Å². The normalized spacial score (nSPS) is 12.7. The fraction of sp³-hybridized carbons (Fsp3) is 0.286. The summed E-state index contributed by atoms with van der Waals surface area (Å²) in [5.41, 5.74) is 1.81. The second-order valence-corrected chi connectivity index (χ2v) is 7.12. The van der Waals surface area contributed by atoms with E-state index in [-0.39, 0.29) is 17.8 Å². The number of benzene rings is 2. The molecule has 0 saturated heterocycles. The summed E-state index contributed by atoms with van der Waals surface area (Å²) in [5, 5.41) is 6.36. The van der Waals surface area contributed by atoms with Crippen molar-refractivity contribution in [3.8, 4) is 11.4 Å². The molecule has 0 saturated carbocycles. The highest BCUT2D eigenvalue weighted by atomic mass is 19.4. The van der Waals surface area contributed by atoms with Crippen molar-refractivity contribution in [3.05, 3.63) is 71.6 Å². The number of carbonyl (C=O) groups excluding carboxylic acids is 1. The van der Waals surface area contributed by atoms with Gasteiger partial charge in [0.1, 0.15) is 0 Å². The third-order valence-corrected chi connectivity index (χ3v) is 4.32. The van der Waals surface area contributed by atoms with Gasteiger partial charge in [0.2, 0.25) is 5.82 Å². The predicted octanol–water partition coefficient (Wildman–Crippen LogP) is 3.66. The van der Waals surface area contributed by atoms with Crippen LogP contribution < -0.4 is 5.32 Å². The summed E-state index contributed by atoms with van der Waals surface area (Å²) in [5.74, 6) is -1.87. The summed E-state index contributed by atoms with van der Waals surface area (Å²) in [6, 6.07) is 15.7. The number of hydrogen-bond donors (Lipinski definition) is 1. The Bertz CT molecular complexity index is 970. The Hall–Kier alpha value is -3.20. The summed E-state index contributed by atoms with van der Waals surface area (Å²) in [4.78, 5) is 18.0. The number of aromatic nitrogens is 2. The van der Waals surface area contributed by atoms with Crippen molar-refractivity contribution in [2.75, 3.05) is 20.6 Å². The maximum atomic E-state index is 12.7. The summed E-state index contributed by atoms with van der Waals surface area (Å²) < 4.78 is 42.0. The molecule has 6 nitrogen and oxygen atoms in total. The summed E-state index contributed by atoms with van der Waals surface area (Å²) in [6.07, 6.45) is -4.03. The molecule has 3 aromatic rings. The number of amides is 1. The van der Waals surface area contributed by atoms with Gasteiger partial charge in [-0.05, 0) is 38.2 Å². The average molecular weight is 418 g/mol. The number of nitrogens with one attached hydrogen (secondary N) is 1. The van der Waals surface area contributed by atoms with E-state index >= 15 is 0 Å². The molecule has 1 atom stereocenters. The van der Waals surface area contributed by atoms with E-state index in [1.54, 1.807) is 0 Å². The third-order valence-electron chi connectivity index (χ3n) is 4.32. The van der Waals surface area contributed by atoms with Gasteiger partial charge in [-0.15, -0.1) is 0 Å². The highest BCUT2D eigenvalue weighted by Crippen LogP contribution is 2.29. The van der Waals surface area contributed by atoms with E-state index in [4.69, 9.17) is 0 Å². The van der Waals surface area contributed by atoms with Crippen molar-refractivity contribution < 1.29 is 22.5 Å². The standard InChI is InChI=1S/C21H21F3N4O2/c1-28(2)13-17(12-14-6-4-3-5-7-14)25-19(29)16-10-8-15(9-11-16)18-26-20(30-27-18)21(22,23)24/h3-11,17H,12-13H2,1-2H3,(H,25,29). The van der Waals surface area contributed by atoms with Gasteiger partial charge in [0, 0.05) is 23.7 Å². The lowest BCUT2D eigenvalue weighted by Gasteiger charge is -2.22. The molecular formula is C21H21F3N4O2. The van der Waals surface area contributed by atoms with E-state index in [0.29, 0.717) is 24.1 Å². The lowest BCUT2D eigenvalue weighted by Crippen LogP contribution is -2.43. The Morgan fingerprint density at radius 2 is 1.77 bits per heavy atom. The highest BCUT2D eigenvalue weighted by molar-refractivity contribution is 5.94. The van der Waals surface area contributed by atoms with Gasteiger partial charge in [-0.1, -0.05) is 47.6 Å². The van der Waals surface area contributed by atoms with Gasteiger partial charge in [0.25, 0.3) is 5.91 Å². The van der Waals surface area contributed by atoms with Gasteiger partial charge in [-0.25, -0.2) is 0 Å². The molecule has 1 amide bonds. The first-order valence-electron chi connectivity index (χ1n) is 9.23. The van der Waals surface area contributed by atoms with Crippen LogP contribution in [0.4, 0.5) is 13.2 Å². The zero-order chi connectivity index (χ0) is 21.7. The Morgan fingerprint density at radius 1 is 1.10 bits per heavy atom. The second-order valence-electron chi connectivity index (χ2n) is 7.12. The van der Waals surface area contributed by atoms with E-state index in [1.165, 1.54) is 24.3 Å². The smallest absolute Gasteiger partial charge is 0.348 e. The Balaban J connectivity index is 1.70.